The maximum absolute atomic E-state index is 13.6. The van der Waals surface area contributed by atoms with Crippen LogP contribution in [0.15, 0.2) is 42.5 Å². The number of aldehydes is 1. The largest absolute Gasteiger partial charge is 0.491 e. The summed E-state index contributed by atoms with van der Waals surface area (Å²) in [5, 5.41) is 10.4. The molecule has 2 aliphatic rings. The molecular formula is C30H39N3O7. The van der Waals surface area contributed by atoms with Crippen molar-refractivity contribution in [3.05, 3.63) is 53.6 Å². The molecule has 0 radical (unpaired) electrons. The van der Waals surface area contributed by atoms with Crippen molar-refractivity contribution >= 4 is 18.2 Å². The molecule has 0 aromatic heterocycles. The molecule has 1 fully saturated rings. The van der Waals surface area contributed by atoms with Crippen LogP contribution in [-0.2, 0) is 9.59 Å². The van der Waals surface area contributed by atoms with Crippen LogP contribution in [0.5, 0.6) is 17.2 Å². The van der Waals surface area contributed by atoms with Gasteiger partial charge in [-0.15, -0.1) is 0 Å². The average Bonchev–Trinajstić information content (AvgIpc) is 3.58. The topological polar surface area (TPSA) is 132 Å². The van der Waals surface area contributed by atoms with Gasteiger partial charge in [0, 0.05) is 25.6 Å². The van der Waals surface area contributed by atoms with Crippen LogP contribution in [0.3, 0.4) is 0 Å². The third-order valence-electron chi connectivity index (χ3n) is 7.67. The minimum atomic E-state index is -0.972. The Morgan fingerprint density at radius 3 is 2.65 bits per heavy atom. The molecule has 3 N–H and O–H groups in total. The van der Waals surface area contributed by atoms with Crippen molar-refractivity contribution in [1.82, 2.24) is 9.80 Å². The predicted molar refractivity (Wildman–Crippen MR) is 149 cm³/mol. The monoisotopic (exact) mass is 553 g/mol. The normalized spacial score (nSPS) is 19.9. The van der Waals surface area contributed by atoms with Gasteiger partial charge in [0.05, 0.1) is 24.1 Å². The van der Waals surface area contributed by atoms with Crippen molar-refractivity contribution in [2.45, 2.75) is 44.6 Å². The van der Waals surface area contributed by atoms with Crippen LogP contribution in [0.4, 0.5) is 0 Å². The molecule has 0 spiro atoms. The van der Waals surface area contributed by atoms with Gasteiger partial charge in [0.15, 0.2) is 17.8 Å². The highest BCUT2D eigenvalue weighted by molar-refractivity contribution is 5.80. The predicted octanol–water partition coefficient (Wildman–Crippen LogP) is 3.14. The highest BCUT2D eigenvalue weighted by atomic mass is 16.7. The smallest absolute Gasteiger partial charge is 0.308 e. The van der Waals surface area contributed by atoms with Gasteiger partial charge < -0.3 is 30.0 Å². The molecule has 2 aromatic carbocycles. The van der Waals surface area contributed by atoms with E-state index in [0.717, 1.165) is 31.2 Å². The lowest BCUT2D eigenvalue weighted by Crippen LogP contribution is -2.46. The van der Waals surface area contributed by atoms with Crippen molar-refractivity contribution in [2.75, 3.05) is 46.1 Å². The second kappa shape index (κ2) is 14.1. The molecule has 0 unspecified atom stereocenters. The molecule has 4 rings (SSSR count). The van der Waals surface area contributed by atoms with E-state index in [1.807, 2.05) is 21.9 Å². The second-order valence-corrected chi connectivity index (χ2v) is 10.3. The molecule has 10 heteroatoms. The van der Waals surface area contributed by atoms with Crippen molar-refractivity contribution in [1.29, 1.82) is 0 Å². The summed E-state index contributed by atoms with van der Waals surface area (Å²) in [5.41, 5.74) is 6.86. The van der Waals surface area contributed by atoms with Gasteiger partial charge in [0.25, 0.3) is 0 Å². The Hall–Kier alpha value is -3.63. The van der Waals surface area contributed by atoms with E-state index in [9.17, 15) is 19.5 Å². The number of ether oxygens (including phenoxy) is 3. The minimum Gasteiger partial charge on any atom is -0.491 e. The number of aliphatic carboxylic acids is 1. The fourth-order valence-electron chi connectivity index (χ4n) is 5.50. The van der Waals surface area contributed by atoms with Gasteiger partial charge in [0.2, 0.25) is 12.7 Å². The highest BCUT2D eigenvalue weighted by Crippen LogP contribution is 2.42. The maximum atomic E-state index is 13.6. The summed E-state index contributed by atoms with van der Waals surface area (Å²) in [7, 11) is 0. The molecule has 2 aromatic rings. The number of fused-ring (bicyclic) bond motifs is 1. The minimum absolute atomic E-state index is 0.0122. The van der Waals surface area contributed by atoms with Crippen molar-refractivity contribution in [3.63, 3.8) is 0 Å². The van der Waals surface area contributed by atoms with E-state index in [2.05, 4.69) is 6.92 Å². The number of carboxylic acids is 1. The van der Waals surface area contributed by atoms with Crippen molar-refractivity contribution in [2.24, 2.45) is 11.7 Å². The second-order valence-electron chi connectivity index (χ2n) is 10.3. The molecule has 10 nitrogen and oxygen atoms in total. The molecule has 0 bridgehead atoms. The maximum Gasteiger partial charge on any atom is 0.308 e. The molecule has 1 amide bonds. The van der Waals surface area contributed by atoms with Gasteiger partial charge >= 0.3 is 5.97 Å². The van der Waals surface area contributed by atoms with Crippen molar-refractivity contribution < 1.29 is 33.7 Å². The number of rotatable bonds is 15. The SMILES string of the molecule is CCCCN(CCCCN)C(=O)CN1C[C@H](c2ccc3c(c2)OCO3)[C@@H](C(=O)O)[C@@H]1COc1ccccc1C=O. The van der Waals surface area contributed by atoms with Crippen LogP contribution in [0.25, 0.3) is 0 Å². The number of nitrogens with two attached hydrogens (primary N) is 1. The molecule has 0 saturated carbocycles. The van der Waals surface area contributed by atoms with E-state index in [4.69, 9.17) is 19.9 Å². The number of hydrogen-bond acceptors (Lipinski definition) is 8. The summed E-state index contributed by atoms with van der Waals surface area (Å²) in [6, 6.07) is 11.7. The zero-order chi connectivity index (χ0) is 28.5. The van der Waals surface area contributed by atoms with Gasteiger partial charge in [-0.25, -0.2) is 0 Å². The Bertz CT molecular complexity index is 1170. The van der Waals surface area contributed by atoms with E-state index >= 15 is 0 Å². The summed E-state index contributed by atoms with van der Waals surface area (Å²) >= 11 is 0. The average molecular weight is 554 g/mol. The first-order valence-electron chi connectivity index (χ1n) is 14.0. The van der Waals surface area contributed by atoms with Gasteiger partial charge in [-0.3, -0.25) is 19.3 Å². The summed E-state index contributed by atoms with van der Waals surface area (Å²) in [4.78, 5) is 41.6. The first kappa shape index (κ1) is 29.4. The van der Waals surface area contributed by atoms with Gasteiger partial charge in [-0.2, -0.15) is 0 Å². The zero-order valence-corrected chi connectivity index (χ0v) is 23.0. The van der Waals surface area contributed by atoms with E-state index in [1.54, 1.807) is 30.3 Å². The first-order chi connectivity index (χ1) is 19.5. The number of benzene rings is 2. The fraction of sp³-hybridized carbons (Fsp3) is 0.500. The zero-order valence-electron chi connectivity index (χ0n) is 23.0. The van der Waals surface area contributed by atoms with Gasteiger partial charge in [-0.1, -0.05) is 31.5 Å². The first-order valence-corrected chi connectivity index (χ1v) is 14.0. The molecule has 0 aliphatic carbocycles. The summed E-state index contributed by atoms with van der Waals surface area (Å²) in [6.45, 7) is 4.48. The lowest BCUT2D eigenvalue weighted by atomic mass is 9.85. The molecule has 216 valence electrons. The summed E-state index contributed by atoms with van der Waals surface area (Å²) in [6.07, 6.45) is 4.21. The van der Waals surface area contributed by atoms with Crippen molar-refractivity contribution in [3.8, 4) is 17.2 Å². The number of unbranched alkanes of at least 4 members (excludes halogenated alkanes) is 2. The standard InChI is InChI=1S/C30H39N3O7/c1-2-3-13-32(14-7-6-12-31)28(35)17-33-16-23(21-10-11-26-27(15-21)40-20-39-26)29(30(36)37)24(33)19-38-25-9-5-4-8-22(25)18-34/h4-5,8-11,15,18,23-24,29H,2-3,6-7,12-14,16-17,19-20,31H2,1H3,(H,36,37)/t23-,24+,29-/m1/s1. The molecule has 3 atom stereocenters. The number of amides is 1. The van der Waals surface area contributed by atoms with Crippen LogP contribution in [-0.4, -0.2) is 85.2 Å². The number of carbonyl (C=O) groups excluding carboxylic acids is 2. The van der Waals surface area contributed by atoms with E-state index in [0.29, 0.717) is 55.3 Å². The molecule has 1 saturated heterocycles. The van der Waals surface area contributed by atoms with Gasteiger partial charge in [-0.05, 0) is 55.6 Å². The molecule has 2 aliphatic heterocycles. The quantitative estimate of drug-likeness (QED) is 0.252. The van der Waals surface area contributed by atoms with E-state index in [1.165, 1.54) is 0 Å². The molecule has 40 heavy (non-hydrogen) atoms. The number of likely N-dealkylation sites (tertiary alicyclic amines) is 1. The third-order valence-corrected chi connectivity index (χ3v) is 7.67. The van der Waals surface area contributed by atoms with Gasteiger partial charge in [0.1, 0.15) is 12.4 Å². The Balaban J connectivity index is 1.60. The number of carboxylic acid groups (broad SMARTS) is 1. The lowest BCUT2D eigenvalue weighted by Gasteiger charge is -2.29. The summed E-state index contributed by atoms with van der Waals surface area (Å²) < 4.78 is 17.0. The number of hydrogen-bond donors (Lipinski definition) is 2. The lowest BCUT2D eigenvalue weighted by molar-refractivity contribution is -0.144. The van der Waals surface area contributed by atoms with Crippen LogP contribution >= 0.6 is 0 Å². The van der Waals surface area contributed by atoms with Crippen LogP contribution < -0.4 is 19.9 Å². The number of nitrogens with zero attached hydrogens (tertiary/aromatic N) is 2. The molecule has 2 heterocycles. The summed E-state index contributed by atoms with van der Waals surface area (Å²) in [5.74, 6) is -0.691. The van der Waals surface area contributed by atoms with Crippen LogP contribution in [0.2, 0.25) is 0 Å². The highest BCUT2D eigenvalue weighted by Gasteiger charge is 2.48. The van der Waals surface area contributed by atoms with E-state index in [-0.39, 0.29) is 25.9 Å². The number of carbonyl (C=O) groups is 3. The Labute approximate surface area is 235 Å². The van der Waals surface area contributed by atoms with E-state index < -0.39 is 23.8 Å². The fourth-order valence-corrected chi connectivity index (χ4v) is 5.50. The Kier molecular flexibility index (Phi) is 10.4. The third kappa shape index (κ3) is 6.92. The van der Waals surface area contributed by atoms with Crippen LogP contribution in [0.1, 0.15) is 54.4 Å². The Morgan fingerprint density at radius 2 is 1.90 bits per heavy atom. The number of para-hydroxylation sites is 1. The Morgan fingerprint density at radius 1 is 1.12 bits per heavy atom. The molecular weight excluding hydrogens is 514 g/mol. The van der Waals surface area contributed by atoms with Crippen LogP contribution in [0, 0.1) is 5.92 Å².